The molecule has 0 fully saturated rings. The van der Waals surface area contributed by atoms with Gasteiger partial charge in [0.15, 0.2) is 0 Å². The number of rotatable bonds is 22. The van der Waals surface area contributed by atoms with Gasteiger partial charge in [0.1, 0.15) is 0 Å². The van der Waals surface area contributed by atoms with Crippen molar-refractivity contribution in [2.45, 2.75) is 84.5 Å². The van der Waals surface area contributed by atoms with Crippen LogP contribution in [0.5, 0.6) is 0 Å². The Balaban J connectivity index is 4.21. The van der Waals surface area contributed by atoms with Crippen LogP contribution in [0, 0.1) is 0 Å². The highest BCUT2D eigenvalue weighted by Crippen LogP contribution is 2.08. The molecule has 0 amide bonds. The maximum Gasteiger partial charge on any atom is 0.0780 e. The van der Waals surface area contributed by atoms with Gasteiger partial charge in [-0.3, -0.25) is 0 Å². The minimum atomic E-state index is 1.10. The predicted molar refractivity (Wildman–Crippen MR) is 141 cm³/mol. The average Bonchev–Trinajstić information content (AvgIpc) is 2.66. The first-order valence-corrected chi connectivity index (χ1v) is 13.6. The van der Waals surface area contributed by atoms with E-state index in [0.717, 1.165) is 8.97 Å². The molecule has 0 heterocycles. The topological polar surface area (TPSA) is 6.48 Å². The summed E-state index contributed by atoms with van der Waals surface area (Å²) in [4.78, 5) is 5.52. The Morgan fingerprint density at radius 2 is 0.710 bits per heavy atom. The fourth-order valence-electron chi connectivity index (χ4n) is 4.15. The van der Waals surface area contributed by atoms with Gasteiger partial charge in [0.25, 0.3) is 0 Å². The van der Waals surface area contributed by atoms with Crippen molar-refractivity contribution in [1.29, 1.82) is 0 Å². The average molecular weight is 443 g/mol. The molecule has 0 aliphatic carbocycles. The first kappa shape index (κ1) is 30.8. The maximum absolute atomic E-state index is 2.76. The predicted octanol–water partition coefficient (Wildman–Crippen LogP) is 5.33. The summed E-state index contributed by atoms with van der Waals surface area (Å²) in [5.74, 6) is 0. The molecule has 0 rings (SSSR count). The largest absolute Gasteiger partial charge is 0.331 e. The van der Waals surface area contributed by atoms with Crippen LogP contribution in [-0.4, -0.2) is 113 Å². The summed E-state index contributed by atoms with van der Waals surface area (Å²) in [5.41, 5.74) is 0. The molecule has 0 N–H and O–H groups in total. The number of nitrogens with zero attached hydrogens (tertiary/aromatic N) is 4. The molecule has 0 spiro atoms. The van der Waals surface area contributed by atoms with Crippen LogP contribution < -0.4 is 0 Å². The lowest BCUT2D eigenvalue weighted by Crippen LogP contribution is -2.35. The molecule has 0 radical (unpaired) electrons. The van der Waals surface area contributed by atoms with Gasteiger partial charge in [-0.2, -0.15) is 0 Å². The zero-order valence-corrected chi connectivity index (χ0v) is 23.2. The van der Waals surface area contributed by atoms with Crippen LogP contribution in [0.25, 0.3) is 0 Å². The molecule has 0 aromatic rings. The van der Waals surface area contributed by atoms with Crippen molar-refractivity contribution in [3.05, 3.63) is 0 Å². The number of hydrogen-bond acceptors (Lipinski definition) is 2. The van der Waals surface area contributed by atoms with E-state index < -0.39 is 0 Å². The maximum atomic E-state index is 2.76. The third-order valence-electron chi connectivity index (χ3n) is 6.21. The van der Waals surface area contributed by atoms with Gasteiger partial charge >= 0.3 is 0 Å². The number of hydrogen-bond donors (Lipinski definition) is 0. The van der Waals surface area contributed by atoms with Gasteiger partial charge in [-0.15, -0.1) is 0 Å². The highest BCUT2D eigenvalue weighted by atomic mass is 15.3. The Hall–Kier alpha value is -0.160. The second-order valence-electron chi connectivity index (χ2n) is 11.9. The SMILES string of the molecule is CCCCN(CCCCC[N+](C)(C)C)CCCN(CCCC)CCCCC[N+](C)(C)C. The van der Waals surface area contributed by atoms with Gasteiger partial charge in [-0.1, -0.05) is 26.7 Å². The fourth-order valence-corrected chi connectivity index (χ4v) is 4.15. The van der Waals surface area contributed by atoms with E-state index in [1.54, 1.807) is 0 Å². The Morgan fingerprint density at radius 3 is 1.03 bits per heavy atom. The van der Waals surface area contributed by atoms with Crippen LogP contribution in [0.15, 0.2) is 0 Å². The van der Waals surface area contributed by atoms with Crippen molar-refractivity contribution in [2.24, 2.45) is 0 Å². The smallest absolute Gasteiger partial charge is 0.0780 e. The van der Waals surface area contributed by atoms with E-state index in [9.17, 15) is 0 Å². The van der Waals surface area contributed by atoms with E-state index in [4.69, 9.17) is 0 Å². The summed E-state index contributed by atoms with van der Waals surface area (Å²) in [5, 5.41) is 0. The molecule has 4 heteroatoms. The second kappa shape index (κ2) is 18.3. The van der Waals surface area contributed by atoms with Gasteiger partial charge in [0.2, 0.25) is 0 Å². The summed E-state index contributed by atoms with van der Waals surface area (Å²) in [6.07, 6.45) is 14.9. The number of unbranched alkanes of at least 4 members (excludes halogenated alkanes) is 6. The van der Waals surface area contributed by atoms with Gasteiger partial charge < -0.3 is 18.8 Å². The third kappa shape index (κ3) is 22.8. The van der Waals surface area contributed by atoms with Crippen molar-refractivity contribution in [3.8, 4) is 0 Å². The van der Waals surface area contributed by atoms with Crippen molar-refractivity contribution in [3.63, 3.8) is 0 Å². The first-order valence-electron chi connectivity index (χ1n) is 13.6. The molecular formula is C27H62N4+2. The minimum Gasteiger partial charge on any atom is -0.331 e. The summed E-state index contributed by atoms with van der Waals surface area (Å²) in [7, 11) is 13.8. The lowest BCUT2D eigenvalue weighted by molar-refractivity contribution is -0.870. The Kier molecular flexibility index (Phi) is 18.2. The van der Waals surface area contributed by atoms with Crippen LogP contribution in [0.1, 0.15) is 84.5 Å². The Morgan fingerprint density at radius 1 is 0.387 bits per heavy atom. The lowest BCUT2D eigenvalue weighted by atomic mass is 10.2. The Labute approximate surface area is 198 Å². The van der Waals surface area contributed by atoms with E-state index >= 15 is 0 Å². The molecule has 0 unspecified atom stereocenters. The quantitative estimate of drug-likeness (QED) is 0.165. The summed E-state index contributed by atoms with van der Waals surface area (Å²) >= 11 is 0. The molecule has 0 aromatic heterocycles. The fraction of sp³-hybridized carbons (Fsp3) is 1.00. The minimum absolute atomic E-state index is 1.10. The zero-order chi connectivity index (χ0) is 23.6. The summed E-state index contributed by atoms with van der Waals surface area (Å²) < 4.78 is 2.20. The standard InChI is InChI=1S/C27H62N4/c1-9-11-20-28(22-15-13-17-26-30(3,4)5)24-19-25-29(21-12-10-2)23-16-14-18-27-31(6,7)8/h9-27H2,1-8H3/q+2. The highest BCUT2D eigenvalue weighted by molar-refractivity contribution is 4.64. The van der Waals surface area contributed by atoms with Crippen molar-refractivity contribution in [2.75, 3.05) is 94.6 Å². The summed E-state index contributed by atoms with van der Waals surface area (Å²) in [6.45, 7) is 15.0. The molecule has 0 saturated carbocycles. The molecule has 0 aliphatic heterocycles. The zero-order valence-electron chi connectivity index (χ0n) is 23.2. The first-order chi connectivity index (χ1) is 14.6. The monoisotopic (exact) mass is 442 g/mol. The van der Waals surface area contributed by atoms with Crippen molar-refractivity contribution < 1.29 is 8.97 Å². The molecular weight excluding hydrogens is 380 g/mol. The third-order valence-corrected chi connectivity index (χ3v) is 6.21. The van der Waals surface area contributed by atoms with E-state index in [1.165, 1.54) is 123 Å². The van der Waals surface area contributed by atoms with Gasteiger partial charge in [0, 0.05) is 0 Å². The van der Waals surface area contributed by atoms with Crippen molar-refractivity contribution >= 4 is 0 Å². The van der Waals surface area contributed by atoms with E-state index in [0.29, 0.717) is 0 Å². The van der Waals surface area contributed by atoms with Crippen LogP contribution in [0.2, 0.25) is 0 Å². The lowest BCUT2D eigenvalue weighted by Gasteiger charge is -2.27. The van der Waals surface area contributed by atoms with E-state index in [-0.39, 0.29) is 0 Å². The molecule has 0 aliphatic rings. The molecule has 31 heavy (non-hydrogen) atoms. The van der Waals surface area contributed by atoms with E-state index in [2.05, 4.69) is 65.9 Å². The van der Waals surface area contributed by atoms with Crippen LogP contribution in [0.3, 0.4) is 0 Å². The Bertz CT molecular complexity index is 348. The molecule has 0 atom stereocenters. The van der Waals surface area contributed by atoms with Crippen molar-refractivity contribution in [1.82, 2.24) is 9.80 Å². The molecule has 4 nitrogen and oxygen atoms in total. The van der Waals surface area contributed by atoms with Crippen LogP contribution >= 0.6 is 0 Å². The number of quaternary nitrogens is 2. The summed E-state index contributed by atoms with van der Waals surface area (Å²) in [6, 6.07) is 0. The normalized spacial score (nSPS) is 13.0. The highest BCUT2D eigenvalue weighted by Gasteiger charge is 2.10. The van der Waals surface area contributed by atoms with Gasteiger partial charge in [0.05, 0.1) is 55.4 Å². The second-order valence-corrected chi connectivity index (χ2v) is 11.9. The van der Waals surface area contributed by atoms with Crippen LogP contribution in [0.4, 0.5) is 0 Å². The van der Waals surface area contributed by atoms with Crippen LogP contribution in [-0.2, 0) is 0 Å². The van der Waals surface area contributed by atoms with Gasteiger partial charge in [-0.05, 0) is 97.1 Å². The van der Waals surface area contributed by atoms with Gasteiger partial charge in [-0.25, -0.2) is 0 Å². The molecule has 0 aromatic carbocycles. The molecule has 188 valence electrons. The molecule has 0 saturated heterocycles. The van der Waals surface area contributed by atoms with E-state index in [1.807, 2.05) is 0 Å². The molecule has 0 bridgehead atoms.